The van der Waals surface area contributed by atoms with Gasteiger partial charge >= 0.3 is 5.63 Å². The zero-order valence-corrected chi connectivity index (χ0v) is 16.3. The maximum absolute atomic E-state index is 12.9. The molecule has 3 heterocycles. The van der Waals surface area contributed by atoms with Crippen LogP contribution in [0, 0.1) is 20.8 Å². The highest BCUT2D eigenvalue weighted by Gasteiger charge is 2.23. The first-order valence-electron chi connectivity index (χ1n) is 9.55. The summed E-state index contributed by atoms with van der Waals surface area (Å²) >= 11 is 0. The Morgan fingerprint density at radius 1 is 1.25 bits per heavy atom. The smallest absolute Gasteiger partial charge is 0.349 e. The Morgan fingerprint density at radius 2 is 2.07 bits per heavy atom. The van der Waals surface area contributed by atoms with Crippen LogP contribution in [0.5, 0.6) is 0 Å². The predicted octanol–water partition coefficient (Wildman–Crippen LogP) is 3.16. The van der Waals surface area contributed by atoms with Gasteiger partial charge in [0.05, 0.1) is 17.4 Å². The third kappa shape index (κ3) is 3.22. The summed E-state index contributed by atoms with van der Waals surface area (Å²) in [4.78, 5) is 32.8. The highest BCUT2D eigenvalue weighted by atomic mass is 16.4. The maximum atomic E-state index is 12.9. The molecule has 3 N–H and O–H groups in total. The lowest BCUT2D eigenvalue weighted by Gasteiger charge is -2.22. The van der Waals surface area contributed by atoms with Crippen LogP contribution in [-0.2, 0) is 0 Å². The summed E-state index contributed by atoms with van der Waals surface area (Å²) < 4.78 is 5.53. The molecule has 146 valence electrons. The van der Waals surface area contributed by atoms with Crippen molar-refractivity contribution in [3.05, 3.63) is 56.9 Å². The van der Waals surface area contributed by atoms with Gasteiger partial charge in [0, 0.05) is 18.2 Å². The molecule has 7 nitrogen and oxygen atoms in total. The van der Waals surface area contributed by atoms with Crippen molar-refractivity contribution in [1.82, 2.24) is 15.3 Å². The fourth-order valence-electron chi connectivity index (χ4n) is 3.86. The number of fused-ring (bicyclic) bond motifs is 1. The van der Waals surface area contributed by atoms with Gasteiger partial charge in [-0.25, -0.2) is 9.78 Å². The fraction of sp³-hybridized carbons (Fsp3) is 0.381. The fourth-order valence-corrected chi connectivity index (χ4v) is 3.86. The zero-order valence-electron chi connectivity index (χ0n) is 16.3. The minimum Gasteiger partial charge on any atom is -0.427 e. The number of anilines is 1. The van der Waals surface area contributed by atoms with Gasteiger partial charge in [-0.2, -0.15) is 0 Å². The van der Waals surface area contributed by atoms with Gasteiger partial charge in [-0.05, 0) is 69.0 Å². The van der Waals surface area contributed by atoms with E-state index < -0.39 is 11.5 Å². The Hall–Kier alpha value is -2.93. The van der Waals surface area contributed by atoms with Crippen LogP contribution in [0.25, 0.3) is 11.0 Å². The van der Waals surface area contributed by atoms with Gasteiger partial charge in [0.1, 0.15) is 11.3 Å². The van der Waals surface area contributed by atoms with Crippen LogP contribution in [0.2, 0.25) is 0 Å². The van der Waals surface area contributed by atoms with Crippen molar-refractivity contribution in [2.75, 3.05) is 18.4 Å². The Bertz CT molecular complexity index is 1110. The van der Waals surface area contributed by atoms with E-state index in [2.05, 4.69) is 20.6 Å². The van der Waals surface area contributed by atoms with Gasteiger partial charge < -0.3 is 20.0 Å². The Kier molecular flexibility index (Phi) is 4.77. The SMILES string of the molecule is Cc1cc(C2CCCNC2)oc(=O)c1C(=O)Nc1cc2[nH]cnc2c(C)c1C. The number of aryl methyl sites for hydroxylation is 2. The molecule has 0 saturated carbocycles. The molecule has 0 bridgehead atoms. The molecule has 0 aliphatic carbocycles. The second-order valence-corrected chi connectivity index (χ2v) is 7.46. The molecule has 4 rings (SSSR count). The molecule has 1 aromatic carbocycles. The van der Waals surface area contributed by atoms with Crippen LogP contribution in [0.15, 0.2) is 27.7 Å². The van der Waals surface area contributed by atoms with E-state index in [1.54, 1.807) is 13.3 Å². The van der Waals surface area contributed by atoms with E-state index in [1.165, 1.54) is 0 Å². The molecule has 1 unspecified atom stereocenters. The van der Waals surface area contributed by atoms with Crippen molar-refractivity contribution in [1.29, 1.82) is 0 Å². The highest BCUT2D eigenvalue weighted by molar-refractivity contribution is 6.06. The molecule has 1 saturated heterocycles. The van der Waals surface area contributed by atoms with E-state index in [0.29, 0.717) is 17.0 Å². The number of nitrogens with zero attached hydrogens (tertiary/aromatic N) is 1. The topological polar surface area (TPSA) is 100 Å². The van der Waals surface area contributed by atoms with Crippen LogP contribution < -0.4 is 16.3 Å². The van der Waals surface area contributed by atoms with Gasteiger partial charge in [-0.15, -0.1) is 0 Å². The number of carbonyl (C=O) groups excluding carboxylic acids is 1. The van der Waals surface area contributed by atoms with E-state index in [1.807, 2.05) is 26.0 Å². The second-order valence-electron chi connectivity index (χ2n) is 7.46. The van der Waals surface area contributed by atoms with Crippen LogP contribution in [-0.4, -0.2) is 29.0 Å². The number of benzene rings is 1. The summed E-state index contributed by atoms with van der Waals surface area (Å²) in [6.45, 7) is 7.44. The molecular weight excluding hydrogens is 356 g/mol. The zero-order chi connectivity index (χ0) is 19.8. The molecule has 7 heteroatoms. The van der Waals surface area contributed by atoms with Gasteiger partial charge in [0.2, 0.25) is 0 Å². The normalized spacial score (nSPS) is 17.0. The minimum absolute atomic E-state index is 0.0503. The van der Waals surface area contributed by atoms with Gasteiger partial charge in [-0.1, -0.05) is 0 Å². The van der Waals surface area contributed by atoms with Crippen molar-refractivity contribution in [2.24, 2.45) is 0 Å². The quantitative estimate of drug-likeness (QED) is 0.648. The number of aromatic amines is 1. The van der Waals surface area contributed by atoms with Crippen LogP contribution in [0.4, 0.5) is 5.69 Å². The predicted molar refractivity (Wildman–Crippen MR) is 108 cm³/mol. The maximum Gasteiger partial charge on any atom is 0.349 e. The van der Waals surface area contributed by atoms with Gasteiger partial charge in [-0.3, -0.25) is 4.79 Å². The number of hydrogen-bond acceptors (Lipinski definition) is 5. The Morgan fingerprint density at radius 3 is 2.79 bits per heavy atom. The molecule has 2 aromatic heterocycles. The van der Waals surface area contributed by atoms with E-state index in [-0.39, 0.29) is 11.5 Å². The number of aromatic nitrogens is 2. The lowest BCUT2D eigenvalue weighted by Crippen LogP contribution is -2.30. The molecule has 1 aliphatic rings. The summed E-state index contributed by atoms with van der Waals surface area (Å²) in [6.07, 6.45) is 3.65. The van der Waals surface area contributed by atoms with E-state index in [0.717, 1.165) is 48.1 Å². The number of hydrogen-bond donors (Lipinski definition) is 3. The number of piperidine rings is 1. The number of carbonyl (C=O) groups is 1. The second kappa shape index (κ2) is 7.24. The molecule has 0 radical (unpaired) electrons. The number of H-pyrrole nitrogens is 1. The molecule has 1 fully saturated rings. The average Bonchev–Trinajstić information content (AvgIpc) is 3.14. The van der Waals surface area contributed by atoms with Gasteiger partial charge in [0.25, 0.3) is 5.91 Å². The lowest BCUT2D eigenvalue weighted by atomic mass is 9.95. The van der Waals surface area contributed by atoms with E-state index >= 15 is 0 Å². The molecule has 1 atom stereocenters. The van der Waals surface area contributed by atoms with Gasteiger partial charge in [0.15, 0.2) is 0 Å². The van der Waals surface area contributed by atoms with Crippen molar-refractivity contribution < 1.29 is 9.21 Å². The summed E-state index contributed by atoms with van der Waals surface area (Å²) in [7, 11) is 0. The minimum atomic E-state index is -0.588. The summed E-state index contributed by atoms with van der Waals surface area (Å²) in [5.41, 5.74) is 4.35. The van der Waals surface area contributed by atoms with E-state index in [4.69, 9.17) is 4.42 Å². The lowest BCUT2D eigenvalue weighted by molar-refractivity contribution is 0.102. The molecule has 0 spiro atoms. The monoisotopic (exact) mass is 380 g/mol. The molecular formula is C21H24N4O3. The standard InChI is InChI=1S/C21H24N4O3/c1-11-7-17(14-5-4-6-22-9-14)28-21(27)18(11)20(26)25-15-8-16-19(24-10-23-16)13(3)12(15)2/h7-8,10,14,22H,4-6,9H2,1-3H3,(H,23,24)(H,25,26). The summed E-state index contributed by atoms with van der Waals surface area (Å²) in [5, 5.41) is 6.19. The number of nitrogens with one attached hydrogen (secondary N) is 3. The van der Waals surface area contributed by atoms with Crippen LogP contribution >= 0.6 is 0 Å². The van der Waals surface area contributed by atoms with Crippen molar-refractivity contribution >= 4 is 22.6 Å². The first-order chi connectivity index (χ1) is 13.5. The molecule has 3 aromatic rings. The largest absolute Gasteiger partial charge is 0.427 e. The number of rotatable bonds is 3. The first-order valence-corrected chi connectivity index (χ1v) is 9.55. The average molecular weight is 380 g/mol. The molecule has 1 aliphatic heterocycles. The van der Waals surface area contributed by atoms with Crippen molar-refractivity contribution in [3.8, 4) is 0 Å². The third-order valence-electron chi connectivity index (χ3n) is 5.62. The third-order valence-corrected chi connectivity index (χ3v) is 5.62. The Balaban J connectivity index is 1.65. The summed E-state index contributed by atoms with van der Waals surface area (Å²) in [6, 6.07) is 3.66. The van der Waals surface area contributed by atoms with E-state index in [9.17, 15) is 9.59 Å². The summed E-state index contributed by atoms with van der Waals surface area (Å²) in [5.74, 6) is 0.364. The molecule has 1 amide bonds. The molecule has 28 heavy (non-hydrogen) atoms. The van der Waals surface area contributed by atoms with Crippen LogP contribution in [0.3, 0.4) is 0 Å². The highest BCUT2D eigenvalue weighted by Crippen LogP contribution is 2.27. The number of amides is 1. The Labute approximate surface area is 162 Å². The number of imidazole rings is 1. The van der Waals surface area contributed by atoms with Crippen molar-refractivity contribution in [2.45, 2.75) is 39.5 Å². The van der Waals surface area contributed by atoms with Crippen molar-refractivity contribution in [3.63, 3.8) is 0 Å². The first kappa shape index (κ1) is 18.4. The van der Waals surface area contributed by atoms with Crippen LogP contribution in [0.1, 0.15) is 51.6 Å².